The standard InChI is InChI=1S/C21H21N3O8S2.2Na/c1-21(2)15(20(27)28)24-18(26)14(19(24)33-21)23-16(11-8-9-12(32-11)34(29,30)31)22-13(17(23)25)10-6-4-3-5-7-10;;/h3-9,13-16,19,22H,1-2H3,(H,27,28)(H,29,30,31);;/q;2*+1/p-2/t13?,14-,15+,16?,19-;;/m1../s1. The topological polar surface area (TPSA) is 163 Å². The third-order valence-electron chi connectivity index (χ3n) is 6.29. The van der Waals surface area contributed by atoms with Gasteiger partial charge in [0.05, 0.1) is 12.0 Å². The summed E-state index contributed by atoms with van der Waals surface area (Å²) in [5.41, 5.74) is 0.610. The molecular formula is C21H19N3Na2O8S2. The summed E-state index contributed by atoms with van der Waals surface area (Å²) in [4.78, 5) is 41.0. The second-order valence-corrected chi connectivity index (χ2v) is 11.9. The maximum absolute atomic E-state index is 13.6. The molecule has 3 aliphatic heterocycles. The number of β-lactam (4-membered cyclic amide) rings is 1. The number of carbonyl (C=O) groups excluding carboxylic acids is 3. The molecule has 5 rings (SSSR count). The number of carbonyl (C=O) groups is 3. The normalized spacial score (nSPS) is 28.7. The van der Waals surface area contributed by atoms with Crippen molar-refractivity contribution in [1.29, 1.82) is 0 Å². The van der Waals surface area contributed by atoms with Crippen molar-refractivity contribution in [1.82, 2.24) is 15.1 Å². The van der Waals surface area contributed by atoms with Crippen LogP contribution in [0.4, 0.5) is 0 Å². The zero-order valence-corrected chi connectivity index (χ0v) is 25.5. The molecule has 2 unspecified atom stereocenters. The minimum Gasteiger partial charge on any atom is -0.742 e. The van der Waals surface area contributed by atoms with Crippen LogP contribution in [0.3, 0.4) is 0 Å². The number of benzene rings is 1. The second-order valence-electron chi connectivity index (χ2n) is 8.79. The van der Waals surface area contributed by atoms with E-state index < -0.39 is 67.4 Å². The Morgan fingerprint density at radius 2 is 1.69 bits per heavy atom. The van der Waals surface area contributed by atoms with Gasteiger partial charge in [0.1, 0.15) is 29.4 Å². The van der Waals surface area contributed by atoms with E-state index in [1.165, 1.54) is 27.6 Å². The monoisotopic (exact) mass is 551 g/mol. The van der Waals surface area contributed by atoms with Gasteiger partial charge in [-0.3, -0.25) is 14.9 Å². The van der Waals surface area contributed by atoms with Crippen molar-refractivity contribution >= 4 is 39.7 Å². The van der Waals surface area contributed by atoms with E-state index in [1.54, 1.807) is 44.2 Å². The quantitative estimate of drug-likeness (QED) is 0.215. The van der Waals surface area contributed by atoms with E-state index in [-0.39, 0.29) is 64.9 Å². The largest absolute Gasteiger partial charge is 1.00 e. The molecular weight excluding hydrogens is 532 g/mol. The van der Waals surface area contributed by atoms with Crippen molar-refractivity contribution in [3.05, 3.63) is 53.8 Å². The Bertz CT molecular complexity index is 1300. The number of aliphatic carboxylic acids is 1. The van der Waals surface area contributed by atoms with Crippen LogP contribution >= 0.6 is 11.8 Å². The summed E-state index contributed by atoms with van der Waals surface area (Å²) < 4.78 is 38.6. The van der Waals surface area contributed by atoms with Crippen LogP contribution in [-0.2, 0) is 24.5 Å². The summed E-state index contributed by atoms with van der Waals surface area (Å²) in [5, 5.41) is 13.4. The van der Waals surface area contributed by atoms with E-state index in [0.29, 0.717) is 5.56 Å². The first kappa shape index (κ1) is 29.7. The van der Waals surface area contributed by atoms with Crippen molar-refractivity contribution in [2.75, 3.05) is 0 Å². The Kier molecular flexibility index (Phi) is 8.54. The van der Waals surface area contributed by atoms with Gasteiger partial charge in [0.15, 0.2) is 10.1 Å². The predicted octanol–water partition coefficient (Wildman–Crippen LogP) is -6.46. The van der Waals surface area contributed by atoms with Gasteiger partial charge in [-0.25, -0.2) is 8.42 Å². The van der Waals surface area contributed by atoms with Crippen LogP contribution in [0.2, 0.25) is 0 Å². The molecule has 0 aliphatic carbocycles. The number of rotatable bonds is 5. The van der Waals surface area contributed by atoms with Gasteiger partial charge >= 0.3 is 59.1 Å². The molecule has 4 heterocycles. The minimum absolute atomic E-state index is 0. The van der Waals surface area contributed by atoms with E-state index in [4.69, 9.17) is 4.42 Å². The molecule has 11 nitrogen and oxygen atoms in total. The molecule has 3 fully saturated rings. The smallest absolute Gasteiger partial charge is 0.742 e. The van der Waals surface area contributed by atoms with Crippen molar-refractivity contribution < 1.29 is 96.0 Å². The van der Waals surface area contributed by atoms with Gasteiger partial charge in [-0.1, -0.05) is 30.3 Å². The van der Waals surface area contributed by atoms with E-state index >= 15 is 0 Å². The summed E-state index contributed by atoms with van der Waals surface area (Å²) >= 11 is 1.24. The van der Waals surface area contributed by atoms with Gasteiger partial charge in [-0.15, -0.1) is 11.8 Å². The van der Waals surface area contributed by atoms with E-state index in [1.807, 2.05) is 0 Å². The molecule has 0 radical (unpaired) electrons. The molecule has 0 saturated carbocycles. The van der Waals surface area contributed by atoms with Gasteiger partial charge in [0.2, 0.25) is 16.9 Å². The van der Waals surface area contributed by atoms with Gasteiger partial charge in [-0.2, -0.15) is 0 Å². The molecule has 2 aromatic rings. The average molecular weight is 552 g/mol. The van der Waals surface area contributed by atoms with Crippen LogP contribution in [0.1, 0.15) is 37.4 Å². The molecule has 2 amide bonds. The Balaban J connectivity index is 0.00000180. The van der Waals surface area contributed by atoms with Gasteiger partial charge in [-0.05, 0) is 31.5 Å². The van der Waals surface area contributed by atoms with Gasteiger partial charge < -0.3 is 28.7 Å². The first-order valence-electron chi connectivity index (χ1n) is 10.3. The number of carboxylic acid groups (broad SMARTS) is 1. The first-order chi connectivity index (χ1) is 15.9. The number of carboxylic acids is 1. The van der Waals surface area contributed by atoms with Gasteiger partial charge in [0, 0.05) is 4.75 Å². The second kappa shape index (κ2) is 10.4. The number of fused-ring (bicyclic) bond motifs is 1. The summed E-state index contributed by atoms with van der Waals surface area (Å²) in [6.45, 7) is 3.38. The average Bonchev–Trinajstić information content (AvgIpc) is 3.43. The van der Waals surface area contributed by atoms with Crippen molar-refractivity contribution in [2.45, 2.75) is 53.4 Å². The summed E-state index contributed by atoms with van der Waals surface area (Å²) in [5.74, 6) is -2.44. The van der Waals surface area contributed by atoms with Crippen LogP contribution < -0.4 is 69.5 Å². The molecule has 1 N–H and O–H groups in total. The number of hydrogen-bond acceptors (Lipinski definition) is 10. The Morgan fingerprint density at radius 1 is 1.06 bits per heavy atom. The van der Waals surface area contributed by atoms with Crippen LogP contribution in [0.5, 0.6) is 0 Å². The Morgan fingerprint density at radius 3 is 2.25 bits per heavy atom. The summed E-state index contributed by atoms with van der Waals surface area (Å²) in [6, 6.07) is 7.90. The third kappa shape index (κ3) is 4.72. The van der Waals surface area contributed by atoms with E-state index in [2.05, 4.69) is 5.32 Å². The van der Waals surface area contributed by atoms with Crippen LogP contribution in [0.15, 0.2) is 52.0 Å². The number of hydrogen-bond donors (Lipinski definition) is 1. The molecule has 15 heteroatoms. The number of nitrogens with zero attached hydrogens (tertiary/aromatic N) is 2. The first-order valence-corrected chi connectivity index (χ1v) is 12.6. The van der Waals surface area contributed by atoms with Crippen molar-refractivity contribution in [2.24, 2.45) is 0 Å². The van der Waals surface area contributed by atoms with Gasteiger partial charge in [0.25, 0.3) is 0 Å². The number of furan rings is 1. The molecule has 3 saturated heterocycles. The Labute approximate surface area is 255 Å². The maximum Gasteiger partial charge on any atom is 1.00 e. The van der Waals surface area contributed by atoms with E-state index in [0.717, 1.165) is 6.07 Å². The Hall–Kier alpha value is -0.870. The maximum atomic E-state index is 13.6. The minimum atomic E-state index is -4.88. The fraction of sp³-hybridized carbons (Fsp3) is 0.381. The molecule has 0 spiro atoms. The predicted molar refractivity (Wildman–Crippen MR) is 113 cm³/mol. The zero-order chi connectivity index (χ0) is 24.6. The summed E-state index contributed by atoms with van der Waals surface area (Å²) in [7, 11) is -4.88. The summed E-state index contributed by atoms with van der Waals surface area (Å²) in [6.07, 6.45) is -1.06. The van der Waals surface area contributed by atoms with Crippen LogP contribution in [0, 0.1) is 0 Å². The number of nitrogens with one attached hydrogen (secondary N) is 1. The number of thioether (sulfide) groups is 1. The van der Waals surface area contributed by atoms with Crippen LogP contribution in [0.25, 0.3) is 0 Å². The van der Waals surface area contributed by atoms with Crippen LogP contribution in [-0.4, -0.2) is 62.8 Å². The van der Waals surface area contributed by atoms with Crippen molar-refractivity contribution in [3.63, 3.8) is 0 Å². The number of amides is 2. The SMILES string of the molecule is CC1(C)S[C@@H]2[C@H](N3C(=O)C(c4ccccc4)NC3c3ccc(S(=O)(=O)[O-])o3)C(=O)N2[C@H]1C(=O)[O-].[Na+].[Na+]. The molecule has 1 aromatic heterocycles. The van der Waals surface area contributed by atoms with Crippen molar-refractivity contribution in [3.8, 4) is 0 Å². The molecule has 5 atom stereocenters. The molecule has 180 valence electrons. The molecule has 36 heavy (non-hydrogen) atoms. The zero-order valence-electron chi connectivity index (χ0n) is 19.9. The molecule has 3 aliphatic rings. The van der Waals surface area contributed by atoms with E-state index in [9.17, 15) is 32.5 Å². The third-order valence-corrected chi connectivity index (χ3v) is 8.56. The molecule has 0 bridgehead atoms. The molecule has 1 aromatic carbocycles. The fourth-order valence-corrected chi connectivity index (χ4v) is 6.94. The fourth-order valence-electron chi connectivity index (χ4n) is 4.83.